The lowest BCUT2D eigenvalue weighted by molar-refractivity contribution is -0.148. The molecule has 1 atom stereocenters. The van der Waals surface area contributed by atoms with Crippen LogP contribution >= 0.6 is 0 Å². The third kappa shape index (κ3) is 1.85. The van der Waals surface area contributed by atoms with Gasteiger partial charge in [-0.3, -0.25) is 19.8 Å². The van der Waals surface area contributed by atoms with Gasteiger partial charge in [0.05, 0.1) is 0 Å². The van der Waals surface area contributed by atoms with Crippen molar-refractivity contribution in [3.63, 3.8) is 0 Å². The van der Waals surface area contributed by atoms with Gasteiger partial charge in [0, 0.05) is 7.05 Å². The molecule has 4 amide bonds. The lowest BCUT2D eigenvalue weighted by atomic mass is 9.74. The molecule has 17 heavy (non-hydrogen) atoms. The molecule has 0 aliphatic carbocycles. The number of nitrogens with one attached hydrogen (secondary N) is 1. The Bertz CT molecular complexity index is 401. The minimum atomic E-state index is -1.22. The zero-order chi connectivity index (χ0) is 13.2. The Morgan fingerprint density at radius 1 is 1.35 bits per heavy atom. The van der Waals surface area contributed by atoms with Crippen molar-refractivity contribution in [2.75, 3.05) is 7.05 Å². The number of carbonyl (C=O) groups is 3. The summed E-state index contributed by atoms with van der Waals surface area (Å²) in [6, 6.07) is -0.659. The molecular formula is C12H18N2O3. The molecule has 0 aromatic rings. The van der Waals surface area contributed by atoms with Crippen LogP contribution in [0.1, 0.15) is 33.6 Å². The fourth-order valence-corrected chi connectivity index (χ4v) is 2.18. The zero-order valence-corrected chi connectivity index (χ0v) is 10.7. The molecule has 1 heterocycles. The van der Waals surface area contributed by atoms with E-state index in [1.165, 1.54) is 7.05 Å². The summed E-state index contributed by atoms with van der Waals surface area (Å²) >= 11 is 0. The van der Waals surface area contributed by atoms with Gasteiger partial charge in [-0.25, -0.2) is 4.79 Å². The van der Waals surface area contributed by atoms with E-state index in [0.717, 1.165) is 11.3 Å². The van der Waals surface area contributed by atoms with E-state index in [4.69, 9.17) is 0 Å². The number of nitrogens with zero attached hydrogens (tertiary/aromatic N) is 1. The Hall–Kier alpha value is -1.65. The SMILES string of the molecule is CCC=C(C)C1(CC)C(=O)NC(=O)N(C)C1=O. The second kappa shape index (κ2) is 4.69. The zero-order valence-electron chi connectivity index (χ0n) is 10.7. The Balaban J connectivity index is 3.30. The number of urea groups is 1. The van der Waals surface area contributed by atoms with Crippen molar-refractivity contribution < 1.29 is 14.4 Å². The van der Waals surface area contributed by atoms with Crippen LogP contribution in [0, 0.1) is 5.41 Å². The molecule has 1 saturated heterocycles. The maximum absolute atomic E-state index is 12.2. The number of amides is 4. The molecule has 0 aromatic heterocycles. The fraction of sp³-hybridized carbons (Fsp3) is 0.583. The summed E-state index contributed by atoms with van der Waals surface area (Å²) in [6.07, 6.45) is 2.94. The molecule has 94 valence electrons. The minimum Gasteiger partial charge on any atom is -0.276 e. The maximum Gasteiger partial charge on any atom is 0.330 e. The minimum absolute atomic E-state index is 0.345. The van der Waals surface area contributed by atoms with E-state index in [1.54, 1.807) is 13.8 Å². The van der Waals surface area contributed by atoms with Crippen molar-refractivity contribution in [2.24, 2.45) is 5.41 Å². The first kappa shape index (κ1) is 13.4. The van der Waals surface area contributed by atoms with Crippen molar-refractivity contribution in [2.45, 2.75) is 33.6 Å². The second-order valence-corrected chi connectivity index (χ2v) is 4.18. The van der Waals surface area contributed by atoms with E-state index in [1.807, 2.05) is 13.0 Å². The van der Waals surface area contributed by atoms with E-state index in [9.17, 15) is 14.4 Å². The van der Waals surface area contributed by atoms with Crippen LogP contribution in [0.15, 0.2) is 11.6 Å². The molecule has 0 aromatic carbocycles. The van der Waals surface area contributed by atoms with Crippen LogP contribution in [0.4, 0.5) is 4.79 Å². The molecule has 1 rings (SSSR count). The van der Waals surface area contributed by atoms with Gasteiger partial charge < -0.3 is 0 Å². The van der Waals surface area contributed by atoms with E-state index in [-0.39, 0.29) is 0 Å². The van der Waals surface area contributed by atoms with Crippen LogP contribution in [0.3, 0.4) is 0 Å². The standard InChI is InChI=1S/C12H18N2O3/c1-5-7-8(3)12(6-2)9(15)13-11(17)14(4)10(12)16/h7H,5-6H2,1-4H3,(H,13,15,17). The molecule has 0 spiro atoms. The first-order valence-electron chi connectivity index (χ1n) is 5.72. The van der Waals surface area contributed by atoms with Crippen molar-refractivity contribution in [3.05, 3.63) is 11.6 Å². The molecule has 0 radical (unpaired) electrons. The summed E-state index contributed by atoms with van der Waals surface area (Å²) in [5.41, 5.74) is -0.525. The first-order valence-corrected chi connectivity index (χ1v) is 5.72. The summed E-state index contributed by atoms with van der Waals surface area (Å²) in [7, 11) is 1.38. The van der Waals surface area contributed by atoms with Crippen molar-refractivity contribution in [1.29, 1.82) is 0 Å². The summed E-state index contributed by atoms with van der Waals surface area (Å²) in [5, 5.41) is 2.23. The monoisotopic (exact) mass is 238 g/mol. The number of barbiturate groups is 1. The Morgan fingerprint density at radius 2 is 1.94 bits per heavy atom. The molecule has 5 heteroatoms. The van der Waals surface area contributed by atoms with Gasteiger partial charge in [-0.1, -0.05) is 25.5 Å². The lowest BCUT2D eigenvalue weighted by Gasteiger charge is -2.38. The normalized spacial score (nSPS) is 26.2. The predicted molar refractivity (Wildman–Crippen MR) is 63.1 cm³/mol. The van der Waals surface area contributed by atoms with Crippen molar-refractivity contribution >= 4 is 17.8 Å². The molecule has 1 aliphatic rings. The third-order valence-electron chi connectivity index (χ3n) is 3.30. The van der Waals surface area contributed by atoms with Crippen LogP contribution in [0.5, 0.6) is 0 Å². The van der Waals surface area contributed by atoms with E-state index >= 15 is 0 Å². The summed E-state index contributed by atoms with van der Waals surface area (Å²) in [5.74, 6) is -0.966. The maximum atomic E-state index is 12.2. The van der Waals surface area contributed by atoms with Gasteiger partial charge in [-0.05, 0) is 19.8 Å². The molecule has 5 nitrogen and oxygen atoms in total. The number of allylic oxidation sites excluding steroid dienone is 1. The molecule has 1 fully saturated rings. The van der Waals surface area contributed by atoms with Crippen LogP contribution in [-0.4, -0.2) is 29.8 Å². The van der Waals surface area contributed by atoms with Gasteiger partial charge in [0.2, 0.25) is 11.8 Å². The highest BCUT2D eigenvalue weighted by Gasteiger charge is 2.52. The van der Waals surface area contributed by atoms with Crippen molar-refractivity contribution in [1.82, 2.24) is 10.2 Å². The highest BCUT2D eigenvalue weighted by atomic mass is 16.2. The molecule has 1 unspecified atom stereocenters. The van der Waals surface area contributed by atoms with Crippen LogP contribution in [0.2, 0.25) is 0 Å². The van der Waals surface area contributed by atoms with E-state index < -0.39 is 23.3 Å². The molecule has 1 N–H and O–H groups in total. The van der Waals surface area contributed by atoms with Gasteiger partial charge in [0.25, 0.3) is 0 Å². The molecule has 0 saturated carbocycles. The largest absolute Gasteiger partial charge is 0.330 e. The van der Waals surface area contributed by atoms with Gasteiger partial charge in [-0.15, -0.1) is 0 Å². The number of rotatable bonds is 3. The van der Waals surface area contributed by atoms with E-state index in [2.05, 4.69) is 5.32 Å². The summed E-state index contributed by atoms with van der Waals surface area (Å²) < 4.78 is 0. The highest BCUT2D eigenvalue weighted by Crippen LogP contribution is 2.36. The highest BCUT2D eigenvalue weighted by molar-refractivity contribution is 6.20. The quantitative estimate of drug-likeness (QED) is 0.597. The lowest BCUT2D eigenvalue weighted by Crippen LogP contribution is -2.62. The summed E-state index contributed by atoms with van der Waals surface area (Å²) in [4.78, 5) is 36.6. The number of carbonyl (C=O) groups excluding carboxylic acids is 3. The number of hydrogen-bond acceptors (Lipinski definition) is 3. The Labute approximate surface area is 101 Å². The molecular weight excluding hydrogens is 220 g/mol. The Kier molecular flexibility index (Phi) is 3.70. The predicted octanol–water partition coefficient (Wildman–Crippen LogP) is 1.45. The molecule has 0 bridgehead atoms. The van der Waals surface area contributed by atoms with E-state index in [0.29, 0.717) is 12.0 Å². The van der Waals surface area contributed by atoms with Crippen LogP contribution in [-0.2, 0) is 9.59 Å². The first-order chi connectivity index (χ1) is 7.91. The fourth-order valence-electron chi connectivity index (χ4n) is 2.18. The van der Waals surface area contributed by atoms with Gasteiger partial charge in [0.15, 0.2) is 0 Å². The average Bonchev–Trinajstić information content (AvgIpc) is 2.28. The van der Waals surface area contributed by atoms with Gasteiger partial charge in [0.1, 0.15) is 5.41 Å². The number of hydrogen-bond donors (Lipinski definition) is 1. The topological polar surface area (TPSA) is 66.5 Å². The smallest absolute Gasteiger partial charge is 0.276 e. The Morgan fingerprint density at radius 3 is 2.41 bits per heavy atom. The van der Waals surface area contributed by atoms with Gasteiger partial charge >= 0.3 is 6.03 Å². The van der Waals surface area contributed by atoms with Gasteiger partial charge in [-0.2, -0.15) is 0 Å². The second-order valence-electron chi connectivity index (χ2n) is 4.18. The van der Waals surface area contributed by atoms with Crippen molar-refractivity contribution in [3.8, 4) is 0 Å². The van der Waals surface area contributed by atoms with Crippen LogP contribution < -0.4 is 5.32 Å². The number of imide groups is 2. The summed E-state index contributed by atoms with van der Waals surface area (Å²) in [6.45, 7) is 5.47. The third-order valence-corrected chi connectivity index (χ3v) is 3.30. The molecule has 1 aliphatic heterocycles. The van der Waals surface area contributed by atoms with Crippen LogP contribution in [0.25, 0.3) is 0 Å². The average molecular weight is 238 g/mol.